The summed E-state index contributed by atoms with van der Waals surface area (Å²) in [6, 6.07) is 3.44. The zero-order chi connectivity index (χ0) is 15.4. The molecule has 0 spiro atoms. The highest BCUT2D eigenvalue weighted by Gasteiger charge is 2.25. The zero-order valence-corrected chi connectivity index (χ0v) is 13.0. The minimum absolute atomic E-state index is 0.137. The first-order valence-electron chi connectivity index (χ1n) is 7.70. The molecule has 1 amide bonds. The van der Waals surface area contributed by atoms with Gasteiger partial charge in [0.15, 0.2) is 0 Å². The summed E-state index contributed by atoms with van der Waals surface area (Å²) in [7, 11) is 1.79. The number of aliphatic hydroxyl groups excluding tert-OH is 1. The highest BCUT2D eigenvalue weighted by Crippen LogP contribution is 2.20. The molecule has 2 rings (SSSR count). The van der Waals surface area contributed by atoms with Crippen LogP contribution in [-0.2, 0) is 0 Å². The van der Waals surface area contributed by atoms with Gasteiger partial charge in [-0.15, -0.1) is 0 Å². The van der Waals surface area contributed by atoms with Crippen molar-refractivity contribution in [2.75, 3.05) is 12.4 Å². The van der Waals surface area contributed by atoms with Crippen LogP contribution in [0.4, 0.5) is 5.82 Å². The van der Waals surface area contributed by atoms with Gasteiger partial charge in [-0.25, -0.2) is 4.98 Å². The number of pyridine rings is 1. The molecule has 1 heterocycles. The Morgan fingerprint density at radius 3 is 2.67 bits per heavy atom. The van der Waals surface area contributed by atoms with Gasteiger partial charge >= 0.3 is 0 Å². The average Bonchev–Trinajstić information content (AvgIpc) is 2.49. The molecule has 5 heteroatoms. The highest BCUT2D eigenvalue weighted by molar-refractivity contribution is 5.95. The number of hydrogen-bond donors (Lipinski definition) is 3. The van der Waals surface area contributed by atoms with Crippen LogP contribution in [0.3, 0.4) is 0 Å². The third-order valence-electron chi connectivity index (χ3n) is 4.00. The minimum atomic E-state index is -0.433. The normalized spacial score (nSPS) is 22.1. The molecule has 1 fully saturated rings. The van der Waals surface area contributed by atoms with Crippen LogP contribution >= 0.6 is 0 Å². The van der Waals surface area contributed by atoms with Gasteiger partial charge in [-0.3, -0.25) is 4.79 Å². The molecule has 21 heavy (non-hydrogen) atoms. The maximum Gasteiger partial charge on any atom is 0.251 e. The minimum Gasteiger partial charge on any atom is -0.391 e. The molecule has 3 N–H and O–H groups in total. The van der Waals surface area contributed by atoms with E-state index < -0.39 is 6.10 Å². The lowest BCUT2D eigenvalue weighted by atomic mass is 9.92. The molecule has 2 atom stereocenters. The molecule has 5 nitrogen and oxygen atoms in total. The Morgan fingerprint density at radius 2 is 2.05 bits per heavy atom. The molecule has 116 valence electrons. The number of anilines is 1. The molecule has 0 aromatic carbocycles. The van der Waals surface area contributed by atoms with E-state index in [0.29, 0.717) is 11.4 Å². The molecule has 1 aromatic rings. The van der Waals surface area contributed by atoms with Gasteiger partial charge in [0, 0.05) is 18.3 Å². The molecule has 1 aromatic heterocycles. The van der Waals surface area contributed by atoms with Crippen molar-refractivity contribution in [1.29, 1.82) is 0 Å². The van der Waals surface area contributed by atoms with Gasteiger partial charge < -0.3 is 15.7 Å². The molecule has 0 aliphatic heterocycles. The number of carbonyl (C=O) groups excluding carboxylic acids is 1. The monoisotopic (exact) mass is 291 g/mol. The van der Waals surface area contributed by atoms with Crippen LogP contribution in [0.1, 0.15) is 61.5 Å². The molecule has 1 saturated carbocycles. The summed E-state index contributed by atoms with van der Waals surface area (Å²) in [4.78, 5) is 16.9. The number of carbonyl (C=O) groups is 1. The summed E-state index contributed by atoms with van der Waals surface area (Å²) >= 11 is 0. The van der Waals surface area contributed by atoms with E-state index in [0.717, 1.165) is 31.4 Å². The number of nitrogens with one attached hydrogen (secondary N) is 2. The van der Waals surface area contributed by atoms with Crippen LogP contribution in [0.5, 0.6) is 0 Å². The molecule has 0 radical (unpaired) electrons. The Kier molecular flexibility index (Phi) is 5.17. The second-order valence-electron chi connectivity index (χ2n) is 6.00. The van der Waals surface area contributed by atoms with E-state index in [1.54, 1.807) is 13.1 Å². The fourth-order valence-corrected chi connectivity index (χ4v) is 2.64. The van der Waals surface area contributed by atoms with E-state index in [4.69, 9.17) is 0 Å². The number of aromatic nitrogens is 1. The van der Waals surface area contributed by atoms with Crippen LogP contribution in [0.15, 0.2) is 12.1 Å². The number of hydrogen-bond acceptors (Lipinski definition) is 4. The standard InChI is InChI=1S/C16H25N3O2/c1-10(2)13-8-11(9-15(17-3)18-13)16(21)19-12-6-4-5-7-14(12)20/h8-10,12,14,20H,4-7H2,1-3H3,(H,17,18)(H,19,21). The molecule has 1 aliphatic rings. The Morgan fingerprint density at radius 1 is 1.33 bits per heavy atom. The van der Waals surface area contributed by atoms with E-state index in [9.17, 15) is 9.90 Å². The van der Waals surface area contributed by atoms with Gasteiger partial charge in [0.05, 0.1) is 12.1 Å². The Hall–Kier alpha value is -1.62. The number of rotatable bonds is 4. The average molecular weight is 291 g/mol. The van der Waals surface area contributed by atoms with Gasteiger partial charge in [0.2, 0.25) is 0 Å². The second kappa shape index (κ2) is 6.89. The van der Waals surface area contributed by atoms with E-state index in [2.05, 4.69) is 15.6 Å². The topological polar surface area (TPSA) is 74.2 Å². The third kappa shape index (κ3) is 3.94. The van der Waals surface area contributed by atoms with Crippen LogP contribution in [0, 0.1) is 0 Å². The van der Waals surface area contributed by atoms with Crippen molar-refractivity contribution < 1.29 is 9.90 Å². The van der Waals surface area contributed by atoms with Gasteiger partial charge in [-0.05, 0) is 30.9 Å². The fourth-order valence-electron chi connectivity index (χ4n) is 2.64. The molecular weight excluding hydrogens is 266 g/mol. The zero-order valence-electron chi connectivity index (χ0n) is 13.0. The summed E-state index contributed by atoms with van der Waals surface area (Å²) in [5.41, 5.74) is 1.48. The second-order valence-corrected chi connectivity index (χ2v) is 6.00. The van der Waals surface area contributed by atoms with Gasteiger partial charge in [0.25, 0.3) is 5.91 Å². The van der Waals surface area contributed by atoms with Crippen LogP contribution in [-0.4, -0.2) is 35.2 Å². The Labute approximate surface area is 126 Å². The lowest BCUT2D eigenvalue weighted by Gasteiger charge is -2.28. The van der Waals surface area contributed by atoms with Crippen molar-refractivity contribution in [1.82, 2.24) is 10.3 Å². The smallest absolute Gasteiger partial charge is 0.251 e. The van der Waals surface area contributed by atoms with E-state index in [1.807, 2.05) is 19.9 Å². The first-order valence-corrected chi connectivity index (χ1v) is 7.70. The first kappa shape index (κ1) is 15.8. The summed E-state index contributed by atoms with van der Waals surface area (Å²) in [6.07, 6.45) is 3.26. The van der Waals surface area contributed by atoms with Crippen LogP contribution < -0.4 is 10.6 Å². The summed E-state index contributed by atoms with van der Waals surface area (Å²) in [5, 5.41) is 15.9. The van der Waals surface area contributed by atoms with Gasteiger partial charge in [-0.2, -0.15) is 0 Å². The first-order chi connectivity index (χ1) is 10.0. The van der Waals surface area contributed by atoms with Crippen molar-refractivity contribution in [2.45, 2.75) is 57.6 Å². The van der Waals surface area contributed by atoms with Gasteiger partial charge in [0.1, 0.15) is 5.82 Å². The van der Waals surface area contributed by atoms with Crippen molar-refractivity contribution >= 4 is 11.7 Å². The van der Waals surface area contributed by atoms with Crippen LogP contribution in [0.25, 0.3) is 0 Å². The lowest BCUT2D eigenvalue weighted by molar-refractivity contribution is 0.0717. The molecule has 0 saturated heterocycles. The molecule has 1 aliphatic carbocycles. The van der Waals surface area contributed by atoms with Crippen LogP contribution in [0.2, 0.25) is 0 Å². The van der Waals surface area contributed by atoms with Crippen molar-refractivity contribution in [3.8, 4) is 0 Å². The summed E-state index contributed by atoms with van der Waals surface area (Å²) < 4.78 is 0. The Bertz CT molecular complexity index is 502. The highest BCUT2D eigenvalue weighted by atomic mass is 16.3. The molecular formula is C16H25N3O2. The molecule has 0 bridgehead atoms. The quantitative estimate of drug-likeness (QED) is 0.795. The Balaban J connectivity index is 2.16. The lowest BCUT2D eigenvalue weighted by Crippen LogP contribution is -2.45. The number of aliphatic hydroxyl groups is 1. The third-order valence-corrected chi connectivity index (χ3v) is 4.00. The van der Waals surface area contributed by atoms with Gasteiger partial charge in [-0.1, -0.05) is 26.7 Å². The summed E-state index contributed by atoms with van der Waals surface area (Å²) in [6.45, 7) is 4.10. The maximum atomic E-state index is 12.4. The SMILES string of the molecule is CNc1cc(C(=O)NC2CCCCC2O)cc(C(C)C)n1. The summed E-state index contributed by atoms with van der Waals surface area (Å²) in [5.74, 6) is 0.808. The van der Waals surface area contributed by atoms with E-state index in [-0.39, 0.29) is 17.9 Å². The van der Waals surface area contributed by atoms with Crippen molar-refractivity contribution in [3.05, 3.63) is 23.4 Å². The van der Waals surface area contributed by atoms with E-state index >= 15 is 0 Å². The predicted molar refractivity (Wildman–Crippen MR) is 83.6 cm³/mol. The molecule has 2 unspecified atom stereocenters. The van der Waals surface area contributed by atoms with Crippen molar-refractivity contribution in [3.63, 3.8) is 0 Å². The maximum absolute atomic E-state index is 12.4. The number of nitrogens with zero attached hydrogens (tertiary/aromatic N) is 1. The van der Waals surface area contributed by atoms with Crippen molar-refractivity contribution in [2.24, 2.45) is 0 Å². The number of amides is 1. The largest absolute Gasteiger partial charge is 0.391 e. The fraction of sp³-hybridized carbons (Fsp3) is 0.625. The predicted octanol–water partition coefficient (Wildman–Crippen LogP) is 2.28. The van der Waals surface area contributed by atoms with E-state index in [1.165, 1.54) is 0 Å².